The van der Waals surface area contributed by atoms with Crippen molar-refractivity contribution in [1.82, 2.24) is 10.2 Å². The van der Waals surface area contributed by atoms with Crippen molar-refractivity contribution < 1.29 is 14.5 Å². The van der Waals surface area contributed by atoms with E-state index in [-0.39, 0.29) is 24.2 Å². The van der Waals surface area contributed by atoms with E-state index < -0.39 is 4.92 Å². The zero-order chi connectivity index (χ0) is 16.5. The second-order valence-electron chi connectivity index (χ2n) is 5.21. The molecule has 0 atom stereocenters. The molecule has 0 fully saturated rings. The Bertz CT molecular complexity index is 488. The molecule has 1 rings (SSSR count). The zero-order valence-corrected chi connectivity index (χ0v) is 13.2. The number of hydrogen-bond donors (Lipinski definition) is 1. The number of nitro benzene ring substituents is 1. The van der Waals surface area contributed by atoms with Crippen LogP contribution in [0.4, 0.5) is 5.69 Å². The van der Waals surface area contributed by atoms with Gasteiger partial charge in [-0.2, -0.15) is 0 Å². The summed E-state index contributed by atoms with van der Waals surface area (Å²) in [6, 6.07) is 6.31. The fourth-order valence-electron chi connectivity index (χ4n) is 1.95. The van der Waals surface area contributed by atoms with Crippen molar-refractivity contribution in [2.45, 2.75) is 26.4 Å². The zero-order valence-electron chi connectivity index (χ0n) is 13.2. The predicted octanol–water partition coefficient (Wildman–Crippen LogP) is 1.57. The topological polar surface area (TPSA) is 84.7 Å². The van der Waals surface area contributed by atoms with E-state index in [2.05, 4.69) is 5.32 Å². The summed E-state index contributed by atoms with van der Waals surface area (Å²) in [7, 11) is 1.61. The van der Waals surface area contributed by atoms with Gasteiger partial charge in [0.1, 0.15) is 0 Å². The van der Waals surface area contributed by atoms with Gasteiger partial charge in [-0.25, -0.2) is 0 Å². The number of methoxy groups -OCH3 is 1. The maximum absolute atomic E-state index is 12.2. The SMILES string of the molecule is COCCNCC(=O)N(Cc1ccc([N+](=O)[O-])cc1)C(C)C. The molecule has 0 aliphatic rings. The monoisotopic (exact) mass is 309 g/mol. The van der Waals surface area contributed by atoms with Gasteiger partial charge in [-0.3, -0.25) is 14.9 Å². The number of ether oxygens (including phenoxy) is 1. The average molecular weight is 309 g/mol. The fraction of sp³-hybridized carbons (Fsp3) is 0.533. The molecule has 0 unspecified atom stereocenters. The Morgan fingerprint density at radius 3 is 2.50 bits per heavy atom. The van der Waals surface area contributed by atoms with Gasteiger partial charge in [-0.15, -0.1) is 0 Å². The van der Waals surface area contributed by atoms with Crippen molar-refractivity contribution in [1.29, 1.82) is 0 Å². The van der Waals surface area contributed by atoms with Crippen molar-refractivity contribution in [2.75, 3.05) is 26.8 Å². The number of amides is 1. The van der Waals surface area contributed by atoms with Crippen molar-refractivity contribution in [3.05, 3.63) is 39.9 Å². The Balaban J connectivity index is 2.63. The van der Waals surface area contributed by atoms with Gasteiger partial charge in [0.15, 0.2) is 0 Å². The Labute approximate surface area is 130 Å². The highest BCUT2D eigenvalue weighted by Crippen LogP contribution is 2.14. The molecule has 0 bridgehead atoms. The molecule has 0 aliphatic heterocycles. The minimum absolute atomic E-state index is 0.00976. The largest absolute Gasteiger partial charge is 0.383 e. The van der Waals surface area contributed by atoms with Gasteiger partial charge in [0.2, 0.25) is 5.91 Å². The Hall–Kier alpha value is -1.99. The van der Waals surface area contributed by atoms with E-state index in [9.17, 15) is 14.9 Å². The number of nitro groups is 1. The van der Waals surface area contributed by atoms with Crippen LogP contribution in [0.1, 0.15) is 19.4 Å². The van der Waals surface area contributed by atoms with Gasteiger partial charge in [0.25, 0.3) is 5.69 Å². The number of benzene rings is 1. The molecular weight excluding hydrogens is 286 g/mol. The first-order valence-corrected chi connectivity index (χ1v) is 7.18. The van der Waals surface area contributed by atoms with E-state index in [0.717, 1.165) is 5.56 Å². The lowest BCUT2D eigenvalue weighted by Gasteiger charge is -2.27. The second kappa shape index (κ2) is 9.11. The normalized spacial score (nSPS) is 10.7. The highest BCUT2D eigenvalue weighted by atomic mass is 16.6. The van der Waals surface area contributed by atoms with Gasteiger partial charge in [0, 0.05) is 38.4 Å². The second-order valence-corrected chi connectivity index (χ2v) is 5.21. The Morgan fingerprint density at radius 2 is 2.00 bits per heavy atom. The van der Waals surface area contributed by atoms with Crippen LogP contribution >= 0.6 is 0 Å². The lowest BCUT2D eigenvalue weighted by molar-refractivity contribution is -0.384. The van der Waals surface area contributed by atoms with Gasteiger partial charge < -0.3 is 15.0 Å². The van der Waals surface area contributed by atoms with Crippen LogP contribution in [0, 0.1) is 10.1 Å². The molecule has 7 nitrogen and oxygen atoms in total. The van der Waals surface area contributed by atoms with Crippen LogP contribution in [0.15, 0.2) is 24.3 Å². The highest BCUT2D eigenvalue weighted by Gasteiger charge is 2.17. The average Bonchev–Trinajstić information content (AvgIpc) is 2.49. The van der Waals surface area contributed by atoms with Crippen LogP contribution in [0.3, 0.4) is 0 Å². The van der Waals surface area contributed by atoms with E-state index in [4.69, 9.17) is 4.74 Å². The van der Waals surface area contributed by atoms with Gasteiger partial charge in [-0.1, -0.05) is 12.1 Å². The molecule has 1 aromatic carbocycles. The summed E-state index contributed by atoms with van der Waals surface area (Å²) in [6.07, 6.45) is 0. The van der Waals surface area contributed by atoms with Crippen LogP contribution < -0.4 is 5.32 Å². The van der Waals surface area contributed by atoms with Crippen LogP contribution in [0.5, 0.6) is 0 Å². The first kappa shape index (κ1) is 18.1. The third-order valence-corrected chi connectivity index (χ3v) is 3.20. The van der Waals surface area contributed by atoms with Gasteiger partial charge in [0.05, 0.1) is 18.1 Å². The number of carbonyl (C=O) groups excluding carboxylic acids is 1. The summed E-state index contributed by atoms with van der Waals surface area (Å²) in [6.45, 7) is 5.73. The molecule has 0 radical (unpaired) electrons. The summed E-state index contributed by atoms with van der Waals surface area (Å²) < 4.78 is 4.92. The van der Waals surface area contributed by atoms with E-state index >= 15 is 0 Å². The number of non-ortho nitro benzene ring substituents is 1. The number of carbonyl (C=O) groups is 1. The van der Waals surface area contributed by atoms with Crippen LogP contribution in [-0.4, -0.2) is 48.6 Å². The molecule has 7 heteroatoms. The standard InChI is InChI=1S/C15H23N3O4/c1-12(2)17(15(19)10-16-8-9-22-3)11-13-4-6-14(7-5-13)18(20)21/h4-7,12,16H,8-11H2,1-3H3. The smallest absolute Gasteiger partial charge is 0.269 e. The first-order chi connectivity index (χ1) is 10.5. The molecule has 22 heavy (non-hydrogen) atoms. The molecule has 122 valence electrons. The van der Waals surface area contributed by atoms with Crippen molar-refractivity contribution >= 4 is 11.6 Å². The molecule has 1 aromatic rings. The molecule has 0 aromatic heterocycles. The summed E-state index contributed by atoms with van der Waals surface area (Å²) >= 11 is 0. The minimum atomic E-state index is -0.436. The van der Waals surface area contributed by atoms with Crippen LogP contribution in [0.2, 0.25) is 0 Å². The summed E-state index contributed by atoms with van der Waals surface area (Å²) in [4.78, 5) is 24.2. The Morgan fingerprint density at radius 1 is 1.36 bits per heavy atom. The fourth-order valence-corrected chi connectivity index (χ4v) is 1.95. The minimum Gasteiger partial charge on any atom is -0.383 e. The molecule has 0 saturated carbocycles. The summed E-state index contributed by atoms with van der Waals surface area (Å²) in [5.74, 6) is -0.00976. The van der Waals surface area contributed by atoms with Gasteiger partial charge >= 0.3 is 0 Å². The molecule has 1 N–H and O–H groups in total. The number of nitrogens with one attached hydrogen (secondary N) is 1. The lowest BCUT2D eigenvalue weighted by Crippen LogP contribution is -2.42. The molecule has 0 heterocycles. The van der Waals surface area contributed by atoms with Crippen molar-refractivity contribution in [2.24, 2.45) is 0 Å². The van der Waals surface area contributed by atoms with E-state index in [1.807, 2.05) is 13.8 Å². The molecule has 0 aliphatic carbocycles. The number of nitrogens with zero attached hydrogens (tertiary/aromatic N) is 2. The molecule has 0 spiro atoms. The quantitative estimate of drug-likeness (QED) is 0.425. The summed E-state index contributed by atoms with van der Waals surface area (Å²) in [5.41, 5.74) is 0.914. The molecule has 0 saturated heterocycles. The highest BCUT2D eigenvalue weighted by molar-refractivity contribution is 5.78. The first-order valence-electron chi connectivity index (χ1n) is 7.18. The maximum atomic E-state index is 12.2. The third kappa shape index (κ3) is 5.79. The molecular formula is C15H23N3O4. The predicted molar refractivity (Wildman–Crippen MR) is 83.5 cm³/mol. The van der Waals surface area contributed by atoms with Gasteiger partial charge in [-0.05, 0) is 19.4 Å². The third-order valence-electron chi connectivity index (χ3n) is 3.20. The number of rotatable bonds is 9. The maximum Gasteiger partial charge on any atom is 0.269 e. The van der Waals surface area contributed by atoms with Crippen molar-refractivity contribution in [3.63, 3.8) is 0 Å². The molecule has 1 amide bonds. The van der Waals surface area contributed by atoms with Crippen molar-refractivity contribution in [3.8, 4) is 0 Å². The van der Waals surface area contributed by atoms with Crippen LogP contribution in [-0.2, 0) is 16.1 Å². The van der Waals surface area contributed by atoms with Crippen LogP contribution in [0.25, 0.3) is 0 Å². The van der Waals surface area contributed by atoms with E-state index in [1.165, 1.54) is 12.1 Å². The Kier molecular flexibility index (Phi) is 7.48. The summed E-state index contributed by atoms with van der Waals surface area (Å²) in [5, 5.41) is 13.7. The van der Waals surface area contributed by atoms with E-state index in [1.54, 1.807) is 24.1 Å². The van der Waals surface area contributed by atoms with E-state index in [0.29, 0.717) is 19.7 Å². The number of hydrogen-bond acceptors (Lipinski definition) is 5. The lowest BCUT2D eigenvalue weighted by atomic mass is 10.1.